The minimum atomic E-state index is 0.237. The number of halogens is 1. The molecule has 0 radical (unpaired) electrons. The summed E-state index contributed by atoms with van der Waals surface area (Å²) >= 11 is 3.40. The van der Waals surface area contributed by atoms with E-state index < -0.39 is 0 Å². The number of rotatable bonds is 6. The Morgan fingerprint density at radius 1 is 1.24 bits per heavy atom. The van der Waals surface area contributed by atoms with Crippen LogP contribution in [0.25, 0.3) is 0 Å². The van der Waals surface area contributed by atoms with Gasteiger partial charge in [0.25, 0.3) is 0 Å². The first kappa shape index (κ1) is 14.2. The zero-order valence-corrected chi connectivity index (χ0v) is 12.2. The van der Waals surface area contributed by atoms with Gasteiger partial charge in [0.05, 0.1) is 0 Å². The lowest BCUT2D eigenvalue weighted by Gasteiger charge is -2.17. The molecule has 3 heteroatoms. The Bertz CT molecular complexity index is 348. The Balaban J connectivity index is 2.40. The third-order valence-electron chi connectivity index (χ3n) is 2.75. The van der Waals surface area contributed by atoms with Crippen LogP contribution < -0.4 is 0 Å². The Hall–Kier alpha value is -0.830. The highest BCUT2D eigenvalue weighted by atomic mass is 79.9. The molecule has 0 fully saturated rings. The Labute approximate surface area is 112 Å². The van der Waals surface area contributed by atoms with Crippen molar-refractivity contribution in [2.45, 2.75) is 39.2 Å². The minimum Gasteiger partial charge on any atom is -0.341 e. The van der Waals surface area contributed by atoms with Gasteiger partial charge >= 0.3 is 0 Å². The van der Waals surface area contributed by atoms with Gasteiger partial charge in [-0.2, -0.15) is 0 Å². The first-order valence-electron chi connectivity index (χ1n) is 6.12. The number of hydrogen-bond acceptors (Lipinski definition) is 1. The van der Waals surface area contributed by atoms with Crippen LogP contribution >= 0.6 is 15.9 Å². The molecule has 0 saturated carbocycles. The Morgan fingerprint density at radius 3 is 2.47 bits per heavy atom. The van der Waals surface area contributed by atoms with Gasteiger partial charge in [-0.05, 0) is 24.1 Å². The zero-order valence-electron chi connectivity index (χ0n) is 10.6. The van der Waals surface area contributed by atoms with E-state index in [0.29, 0.717) is 13.0 Å². The molecule has 0 N–H and O–H groups in total. The van der Waals surface area contributed by atoms with E-state index in [9.17, 15) is 4.79 Å². The summed E-state index contributed by atoms with van der Waals surface area (Å²) in [7, 11) is 1.87. The second-order valence-corrected chi connectivity index (χ2v) is 5.25. The molecule has 0 bridgehead atoms. The molecular weight excluding hydrogens is 278 g/mol. The highest BCUT2D eigenvalue weighted by Gasteiger charge is 2.08. The van der Waals surface area contributed by atoms with Crippen molar-refractivity contribution in [3.05, 3.63) is 34.3 Å². The van der Waals surface area contributed by atoms with Crippen LogP contribution in [0.3, 0.4) is 0 Å². The normalized spacial score (nSPS) is 10.3. The average molecular weight is 298 g/mol. The predicted octanol–water partition coefficient (Wildman–Crippen LogP) is 3.99. The van der Waals surface area contributed by atoms with Crippen LogP contribution in [-0.2, 0) is 11.3 Å². The first-order valence-corrected chi connectivity index (χ1v) is 6.91. The summed E-state index contributed by atoms with van der Waals surface area (Å²) in [4.78, 5) is 13.6. The third-order valence-corrected chi connectivity index (χ3v) is 3.28. The molecule has 1 amide bonds. The van der Waals surface area contributed by atoms with E-state index in [1.807, 2.05) is 31.3 Å². The molecule has 0 aromatic heterocycles. The van der Waals surface area contributed by atoms with E-state index in [2.05, 4.69) is 22.9 Å². The quantitative estimate of drug-likeness (QED) is 0.727. The summed E-state index contributed by atoms with van der Waals surface area (Å²) in [5.74, 6) is 0.237. The van der Waals surface area contributed by atoms with Gasteiger partial charge in [-0.3, -0.25) is 4.79 Å². The molecule has 94 valence electrons. The molecule has 0 heterocycles. The molecule has 1 aromatic carbocycles. The third kappa shape index (κ3) is 5.35. The van der Waals surface area contributed by atoms with Crippen LogP contribution in [0.15, 0.2) is 28.7 Å². The lowest BCUT2D eigenvalue weighted by Crippen LogP contribution is -2.25. The van der Waals surface area contributed by atoms with Crippen molar-refractivity contribution in [2.75, 3.05) is 7.05 Å². The summed E-state index contributed by atoms with van der Waals surface area (Å²) in [6, 6.07) is 8.09. The number of carbonyl (C=O) groups is 1. The van der Waals surface area contributed by atoms with E-state index in [-0.39, 0.29) is 5.91 Å². The maximum atomic E-state index is 11.8. The number of amides is 1. The predicted molar refractivity (Wildman–Crippen MR) is 74.8 cm³/mol. The first-order chi connectivity index (χ1) is 8.13. The molecule has 0 aliphatic carbocycles. The second kappa shape index (κ2) is 7.49. The van der Waals surface area contributed by atoms with Gasteiger partial charge in [0.15, 0.2) is 0 Å². The molecule has 17 heavy (non-hydrogen) atoms. The average Bonchev–Trinajstić information content (AvgIpc) is 2.32. The lowest BCUT2D eigenvalue weighted by atomic mass is 10.1. The monoisotopic (exact) mass is 297 g/mol. The van der Waals surface area contributed by atoms with Crippen LogP contribution in [-0.4, -0.2) is 17.9 Å². The van der Waals surface area contributed by atoms with Gasteiger partial charge in [-0.25, -0.2) is 0 Å². The van der Waals surface area contributed by atoms with Crippen molar-refractivity contribution in [1.29, 1.82) is 0 Å². The van der Waals surface area contributed by atoms with Gasteiger partial charge in [0, 0.05) is 24.5 Å². The second-order valence-electron chi connectivity index (χ2n) is 4.33. The molecule has 0 aliphatic heterocycles. The molecule has 0 aliphatic rings. The molecular formula is C14H20BrNO. The van der Waals surface area contributed by atoms with E-state index >= 15 is 0 Å². The van der Waals surface area contributed by atoms with Gasteiger partial charge in [0.1, 0.15) is 0 Å². The fourth-order valence-electron chi connectivity index (χ4n) is 1.67. The van der Waals surface area contributed by atoms with Gasteiger partial charge in [-0.15, -0.1) is 0 Å². The molecule has 0 unspecified atom stereocenters. The maximum absolute atomic E-state index is 11.8. The molecule has 0 spiro atoms. The molecule has 0 atom stereocenters. The SMILES string of the molecule is CCCCCC(=O)N(C)Cc1ccc(Br)cc1. The van der Waals surface area contributed by atoms with Crippen molar-refractivity contribution in [2.24, 2.45) is 0 Å². The highest BCUT2D eigenvalue weighted by Crippen LogP contribution is 2.12. The summed E-state index contributed by atoms with van der Waals surface area (Å²) in [6.45, 7) is 2.84. The topological polar surface area (TPSA) is 20.3 Å². The highest BCUT2D eigenvalue weighted by molar-refractivity contribution is 9.10. The maximum Gasteiger partial charge on any atom is 0.222 e. The van der Waals surface area contributed by atoms with Crippen molar-refractivity contribution < 1.29 is 4.79 Å². The minimum absolute atomic E-state index is 0.237. The van der Waals surface area contributed by atoms with E-state index in [0.717, 1.165) is 23.7 Å². The van der Waals surface area contributed by atoms with Crippen LogP contribution in [0.4, 0.5) is 0 Å². The van der Waals surface area contributed by atoms with Crippen LogP contribution in [0, 0.1) is 0 Å². The number of carbonyl (C=O) groups excluding carboxylic acids is 1. The van der Waals surface area contributed by atoms with Gasteiger partial charge in [0.2, 0.25) is 5.91 Å². The van der Waals surface area contributed by atoms with Crippen molar-refractivity contribution in [3.8, 4) is 0 Å². The number of nitrogens with zero attached hydrogens (tertiary/aromatic N) is 1. The lowest BCUT2D eigenvalue weighted by molar-refractivity contribution is -0.130. The van der Waals surface area contributed by atoms with Gasteiger partial charge in [-0.1, -0.05) is 47.8 Å². The number of unbranched alkanes of at least 4 members (excludes halogenated alkanes) is 2. The molecule has 1 aromatic rings. The van der Waals surface area contributed by atoms with Crippen LogP contribution in [0.1, 0.15) is 38.2 Å². The number of hydrogen-bond donors (Lipinski definition) is 0. The number of benzene rings is 1. The molecule has 2 nitrogen and oxygen atoms in total. The van der Waals surface area contributed by atoms with Crippen molar-refractivity contribution in [3.63, 3.8) is 0 Å². The van der Waals surface area contributed by atoms with E-state index in [1.54, 1.807) is 4.90 Å². The van der Waals surface area contributed by atoms with Crippen molar-refractivity contribution in [1.82, 2.24) is 4.90 Å². The Kier molecular flexibility index (Phi) is 6.27. The van der Waals surface area contributed by atoms with Gasteiger partial charge < -0.3 is 4.90 Å². The van der Waals surface area contributed by atoms with E-state index in [1.165, 1.54) is 5.56 Å². The van der Waals surface area contributed by atoms with Crippen molar-refractivity contribution >= 4 is 21.8 Å². The molecule has 1 rings (SSSR count). The van der Waals surface area contributed by atoms with Crippen LogP contribution in [0.5, 0.6) is 0 Å². The zero-order chi connectivity index (χ0) is 12.7. The summed E-state index contributed by atoms with van der Waals surface area (Å²) < 4.78 is 1.07. The molecule has 0 saturated heterocycles. The largest absolute Gasteiger partial charge is 0.341 e. The fourth-order valence-corrected chi connectivity index (χ4v) is 1.93. The summed E-state index contributed by atoms with van der Waals surface area (Å²) in [6.07, 6.45) is 3.96. The van der Waals surface area contributed by atoms with Crippen LogP contribution in [0.2, 0.25) is 0 Å². The smallest absolute Gasteiger partial charge is 0.222 e. The Morgan fingerprint density at radius 2 is 1.88 bits per heavy atom. The summed E-state index contributed by atoms with van der Waals surface area (Å²) in [5, 5.41) is 0. The summed E-state index contributed by atoms with van der Waals surface area (Å²) in [5.41, 5.74) is 1.17. The van der Waals surface area contributed by atoms with E-state index in [4.69, 9.17) is 0 Å². The standard InChI is InChI=1S/C14H20BrNO/c1-3-4-5-6-14(17)16(2)11-12-7-9-13(15)10-8-12/h7-10H,3-6,11H2,1-2H3. The fraction of sp³-hybridized carbons (Fsp3) is 0.500.